The summed E-state index contributed by atoms with van der Waals surface area (Å²) in [4.78, 5) is 32.2. The minimum absolute atomic E-state index is 0.0678. The molecule has 0 aliphatic rings. The van der Waals surface area contributed by atoms with Gasteiger partial charge in [0.05, 0.1) is 5.92 Å². The number of rotatable bonds is 7. The van der Waals surface area contributed by atoms with Crippen molar-refractivity contribution in [3.8, 4) is 0 Å². The van der Waals surface area contributed by atoms with Crippen LogP contribution in [0.4, 0.5) is 0 Å². The number of carbonyl (C=O) groups excluding carboxylic acids is 1. The van der Waals surface area contributed by atoms with E-state index < -0.39 is 23.9 Å². The molecule has 2 atom stereocenters. The molecule has 0 radical (unpaired) electrons. The lowest BCUT2D eigenvalue weighted by Crippen LogP contribution is -2.65. The second kappa shape index (κ2) is 6.78. The lowest BCUT2D eigenvalue weighted by atomic mass is 9.95. The maximum Gasteiger partial charge on any atom is 0.362 e. The molecule has 0 saturated carbocycles. The summed E-state index contributed by atoms with van der Waals surface area (Å²) in [6, 6.07) is -0.967. The highest BCUT2D eigenvalue weighted by atomic mass is 16.4. The van der Waals surface area contributed by atoms with E-state index in [9.17, 15) is 14.4 Å². The van der Waals surface area contributed by atoms with Crippen LogP contribution in [0.5, 0.6) is 0 Å². The third-order valence-electron chi connectivity index (χ3n) is 2.27. The summed E-state index contributed by atoms with van der Waals surface area (Å²) in [5.74, 6) is -3.34. The van der Waals surface area contributed by atoms with E-state index in [1.54, 1.807) is 0 Å². The number of quaternary nitrogens is 1. The predicted molar refractivity (Wildman–Crippen MR) is 53.4 cm³/mol. The molecular formula is C9H17N2O5+. The Morgan fingerprint density at radius 3 is 2.19 bits per heavy atom. The van der Waals surface area contributed by atoms with Crippen LogP contribution in [0.15, 0.2) is 0 Å². The number of hydrogen-bond acceptors (Lipinski definition) is 3. The van der Waals surface area contributed by atoms with Crippen LogP contribution >= 0.6 is 0 Å². The Morgan fingerprint density at radius 1 is 1.25 bits per heavy atom. The fourth-order valence-electron chi connectivity index (χ4n) is 1.22. The molecule has 0 unspecified atom stereocenters. The summed E-state index contributed by atoms with van der Waals surface area (Å²) in [5, 5.41) is 19.8. The van der Waals surface area contributed by atoms with E-state index in [4.69, 9.17) is 10.2 Å². The largest absolute Gasteiger partial charge is 0.481 e. The van der Waals surface area contributed by atoms with Crippen molar-refractivity contribution >= 4 is 17.8 Å². The highest BCUT2D eigenvalue weighted by Gasteiger charge is 2.26. The zero-order valence-corrected chi connectivity index (χ0v) is 9.10. The fourth-order valence-corrected chi connectivity index (χ4v) is 1.22. The molecule has 0 rings (SSSR count). The van der Waals surface area contributed by atoms with Crippen LogP contribution in [-0.4, -0.2) is 41.1 Å². The fraction of sp³-hybridized carbons (Fsp3) is 0.667. The quantitative estimate of drug-likeness (QED) is 0.416. The monoisotopic (exact) mass is 233 g/mol. The van der Waals surface area contributed by atoms with Crippen LogP contribution in [-0.2, 0) is 14.4 Å². The van der Waals surface area contributed by atoms with Crippen LogP contribution in [0, 0.1) is 5.92 Å². The normalized spacial score (nSPS) is 13.9. The van der Waals surface area contributed by atoms with Gasteiger partial charge < -0.3 is 21.3 Å². The topological polar surface area (TPSA) is 131 Å². The Hall–Kier alpha value is -1.63. The van der Waals surface area contributed by atoms with Crippen LogP contribution in [0.25, 0.3) is 0 Å². The number of carboxylic acid groups (broad SMARTS) is 2. The molecular weight excluding hydrogens is 216 g/mol. The number of aliphatic carboxylic acids is 2. The van der Waals surface area contributed by atoms with Gasteiger partial charge in [0.1, 0.15) is 0 Å². The molecule has 0 aromatic carbocycles. The first-order chi connectivity index (χ1) is 7.38. The van der Waals surface area contributed by atoms with Gasteiger partial charge >= 0.3 is 11.9 Å². The van der Waals surface area contributed by atoms with Crippen molar-refractivity contribution in [1.29, 1.82) is 0 Å². The molecule has 0 spiro atoms. The van der Waals surface area contributed by atoms with Crippen LogP contribution < -0.4 is 11.1 Å². The van der Waals surface area contributed by atoms with Gasteiger partial charge in [-0.3, -0.25) is 9.59 Å². The highest BCUT2D eigenvalue weighted by molar-refractivity contribution is 5.77. The smallest absolute Gasteiger partial charge is 0.362 e. The average Bonchev–Trinajstić information content (AvgIpc) is 2.22. The van der Waals surface area contributed by atoms with Crippen molar-refractivity contribution in [1.82, 2.24) is 5.32 Å². The molecule has 0 aliphatic heterocycles. The minimum atomic E-state index is -1.13. The Balaban J connectivity index is 4.23. The van der Waals surface area contributed by atoms with Crippen molar-refractivity contribution in [3.05, 3.63) is 0 Å². The predicted octanol–water partition coefficient (Wildman–Crippen LogP) is -1.70. The number of nitrogens with one attached hydrogen (secondary N) is 1. The molecule has 6 N–H and O–H groups in total. The second-order valence-electron chi connectivity index (χ2n) is 3.52. The molecule has 0 aromatic heterocycles. The SMILES string of the molecule is CNC(=O)CC[C@H](C[C@H]([NH3+])C(=O)O)C(=O)O. The lowest BCUT2D eigenvalue weighted by molar-refractivity contribution is -0.410. The summed E-state index contributed by atoms with van der Waals surface area (Å²) in [7, 11) is 1.46. The Morgan fingerprint density at radius 2 is 1.81 bits per heavy atom. The molecule has 1 amide bonds. The van der Waals surface area contributed by atoms with Gasteiger partial charge in [0.2, 0.25) is 5.91 Å². The molecule has 7 heteroatoms. The summed E-state index contributed by atoms with van der Waals surface area (Å²) in [6.45, 7) is 0. The lowest BCUT2D eigenvalue weighted by Gasteiger charge is -2.12. The van der Waals surface area contributed by atoms with E-state index in [1.807, 2.05) is 0 Å². The number of hydrogen-bond donors (Lipinski definition) is 4. The van der Waals surface area contributed by atoms with Gasteiger partial charge in [-0.15, -0.1) is 0 Å². The molecule has 0 bridgehead atoms. The van der Waals surface area contributed by atoms with Crippen molar-refractivity contribution in [2.24, 2.45) is 5.92 Å². The second-order valence-corrected chi connectivity index (χ2v) is 3.52. The zero-order valence-electron chi connectivity index (χ0n) is 9.10. The maximum absolute atomic E-state index is 10.9. The van der Waals surface area contributed by atoms with Crippen molar-refractivity contribution < 1.29 is 30.3 Å². The molecule has 0 aromatic rings. The molecule has 16 heavy (non-hydrogen) atoms. The van der Waals surface area contributed by atoms with Gasteiger partial charge in [0.25, 0.3) is 0 Å². The first-order valence-electron chi connectivity index (χ1n) is 4.87. The van der Waals surface area contributed by atoms with E-state index in [2.05, 4.69) is 11.1 Å². The summed E-state index contributed by atoms with van der Waals surface area (Å²) in [6.07, 6.45) is 0.121. The molecule has 92 valence electrons. The maximum atomic E-state index is 10.9. The molecule has 0 fully saturated rings. The van der Waals surface area contributed by atoms with Crippen molar-refractivity contribution in [2.45, 2.75) is 25.3 Å². The number of amides is 1. The molecule has 0 heterocycles. The van der Waals surface area contributed by atoms with E-state index in [-0.39, 0.29) is 25.2 Å². The summed E-state index contributed by atoms with van der Waals surface area (Å²) < 4.78 is 0. The standard InChI is InChI=1S/C9H16N2O5/c1-11-7(12)3-2-5(8(13)14)4-6(10)9(15)16/h5-6H,2-4,10H2,1H3,(H,11,12)(H,13,14)(H,15,16)/p+1/t5-,6+/m1/s1. The van der Waals surface area contributed by atoms with Gasteiger partial charge in [-0.25, -0.2) is 4.79 Å². The van der Waals surface area contributed by atoms with E-state index in [1.165, 1.54) is 7.05 Å². The Labute approximate surface area is 92.6 Å². The Bertz CT molecular complexity index is 279. The van der Waals surface area contributed by atoms with E-state index in [0.717, 1.165) is 0 Å². The van der Waals surface area contributed by atoms with Crippen molar-refractivity contribution in [3.63, 3.8) is 0 Å². The van der Waals surface area contributed by atoms with Crippen LogP contribution in [0.2, 0.25) is 0 Å². The third-order valence-corrected chi connectivity index (χ3v) is 2.27. The van der Waals surface area contributed by atoms with Crippen LogP contribution in [0.1, 0.15) is 19.3 Å². The molecule has 0 saturated heterocycles. The van der Waals surface area contributed by atoms with Gasteiger partial charge in [-0.1, -0.05) is 0 Å². The average molecular weight is 233 g/mol. The Kier molecular flexibility index (Phi) is 6.09. The molecule has 7 nitrogen and oxygen atoms in total. The summed E-state index contributed by atoms with van der Waals surface area (Å²) in [5.41, 5.74) is 3.34. The minimum Gasteiger partial charge on any atom is -0.481 e. The summed E-state index contributed by atoms with van der Waals surface area (Å²) >= 11 is 0. The molecule has 0 aliphatic carbocycles. The van der Waals surface area contributed by atoms with Crippen LogP contribution in [0.3, 0.4) is 0 Å². The first kappa shape index (κ1) is 14.4. The van der Waals surface area contributed by atoms with E-state index in [0.29, 0.717) is 0 Å². The van der Waals surface area contributed by atoms with Crippen molar-refractivity contribution in [2.75, 3.05) is 7.05 Å². The van der Waals surface area contributed by atoms with Gasteiger partial charge in [0, 0.05) is 19.9 Å². The third kappa shape index (κ3) is 5.30. The van der Waals surface area contributed by atoms with E-state index >= 15 is 0 Å². The van der Waals surface area contributed by atoms with Gasteiger partial charge in [0.15, 0.2) is 6.04 Å². The number of carbonyl (C=O) groups is 3. The number of carboxylic acids is 2. The zero-order chi connectivity index (χ0) is 12.7. The highest BCUT2D eigenvalue weighted by Crippen LogP contribution is 2.13. The van der Waals surface area contributed by atoms with Gasteiger partial charge in [-0.2, -0.15) is 0 Å². The first-order valence-corrected chi connectivity index (χ1v) is 4.87. The van der Waals surface area contributed by atoms with Gasteiger partial charge in [-0.05, 0) is 6.42 Å².